The summed E-state index contributed by atoms with van der Waals surface area (Å²) in [6.07, 6.45) is -3.61. The molecule has 0 aliphatic carbocycles. The second kappa shape index (κ2) is 11.4. The highest BCUT2D eigenvalue weighted by Gasteiger charge is 2.30. The summed E-state index contributed by atoms with van der Waals surface area (Å²) in [5.41, 5.74) is 0.879. The number of thiazole rings is 1. The predicted molar refractivity (Wildman–Crippen MR) is 128 cm³/mol. The SMILES string of the molecule is [CH2]C(CCCSCCNC[C@@H](O)c1ccc(O)c2[nH]c(=O)sc12)c1cccc(C(F)(F)F)c1. The number of aromatic amines is 1. The molecule has 1 unspecified atom stereocenters. The zero-order chi connectivity index (χ0) is 24.0. The van der Waals surface area contributed by atoms with E-state index in [2.05, 4.69) is 17.2 Å². The van der Waals surface area contributed by atoms with Gasteiger partial charge in [-0.05, 0) is 49.1 Å². The maximum absolute atomic E-state index is 12.8. The third-order valence-electron chi connectivity index (χ3n) is 5.23. The van der Waals surface area contributed by atoms with Crippen LogP contribution in [0.1, 0.15) is 41.6 Å². The molecule has 10 heteroatoms. The van der Waals surface area contributed by atoms with Gasteiger partial charge in [-0.3, -0.25) is 4.79 Å². The van der Waals surface area contributed by atoms with Crippen LogP contribution in [0.2, 0.25) is 0 Å². The summed E-state index contributed by atoms with van der Waals surface area (Å²) < 4.78 is 39.1. The van der Waals surface area contributed by atoms with Crippen LogP contribution < -0.4 is 10.2 Å². The lowest BCUT2D eigenvalue weighted by Crippen LogP contribution is -2.24. The van der Waals surface area contributed by atoms with E-state index in [-0.39, 0.29) is 16.5 Å². The Hall–Kier alpha value is -2.01. The van der Waals surface area contributed by atoms with Crippen LogP contribution in [0, 0.1) is 6.92 Å². The molecule has 2 aromatic carbocycles. The Morgan fingerprint density at radius 1 is 1.21 bits per heavy atom. The Balaban J connectivity index is 1.34. The molecule has 3 rings (SSSR count). The number of alkyl halides is 3. The number of hydrogen-bond acceptors (Lipinski definition) is 6. The predicted octanol–water partition coefficient (Wildman–Crippen LogP) is 5.07. The zero-order valence-corrected chi connectivity index (χ0v) is 19.5. The van der Waals surface area contributed by atoms with Crippen molar-refractivity contribution in [1.82, 2.24) is 10.3 Å². The normalized spacial score (nSPS) is 14.0. The number of halogens is 3. The molecule has 1 heterocycles. The summed E-state index contributed by atoms with van der Waals surface area (Å²) in [5, 5.41) is 23.5. The van der Waals surface area contributed by atoms with Crippen molar-refractivity contribution in [3.8, 4) is 5.75 Å². The van der Waals surface area contributed by atoms with Crippen LogP contribution in [0.15, 0.2) is 41.2 Å². The van der Waals surface area contributed by atoms with Crippen molar-refractivity contribution in [2.45, 2.75) is 31.0 Å². The van der Waals surface area contributed by atoms with E-state index in [4.69, 9.17) is 0 Å². The molecule has 33 heavy (non-hydrogen) atoms. The molecular formula is C23H26F3N2O3S2. The minimum Gasteiger partial charge on any atom is -0.506 e. The Morgan fingerprint density at radius 3 is 2.76 bits per heavy atom. The summed E-state index contributed by atoms with van der Waals surface area (Å²) >= 11 is 2.68. The summed E-state index contributed by atoms with van der Waals surface area (Å²) in [4.78, 5) is 13.9. The van der Waals surface area contributed by atoms with Crippen LogP contribution in [0.5, 0.6) is 5.75 Å². The molecule has 0 bridgehead atoms. The molecule has 0 saturated carbocycles. The lowest BCUT2D eigenvalue weighted by molar-refractivity contribution is -0.137. The number of H-pyrrole nitrogens is 1. The van der Waals surface area contributed by atoms with E-state index in [1.807, 2.05) is 0 Å². The van der Waals surface area contributed by atoms with Gasteiger partial charge in [0, 0.05) is 24.4 Å². The minimum atomic E-state index is -4.35. The lowest BCUT2D eigenvalue weighted by Gasteiger charge is -2.15. The monoisotopic (exact) mass is 499 g/mol. The number of aromatic hydroxyl groups is 1. The highest BCUT2D eigenvalue weighted by Crippen LogP contribution is 2.32. The number of phenols is 1. The smallest absolute Gasteiger partial charge is 0.416 e. The van der Waals surface area contributed by atoms with Crippen LogP contribution in [0.4, 0.5) is 13.2 Å². The van der Waals surface area contributed by atoms with E-state index < -0.39 is 17.8 Å². The van der Waals surface area contributed by atoms with Crippen molar-refractivity contribution in [1.29, 1.82) is 0 Å². The molecule has 0 fully saturated rings. The van der Waals surface area contributed by atoms with Crippen LogP contribution in [-0.2, 0) is 6.18 Å². The van der Waals surface area contributed by atoms with Gasteiger partial charge in [0.2, 0.25) is 0 Å². The zero-order valence-electron chi connectivity index (χ0n) is 17.8. The van der Waals surface area contributed by atoms with Crippen LogP contribution in [0.25, 0.3) is 10.2 Å². The van der Waals surface area contributed by atoms with Gasteiger partial charge >= 0.3 is 11.0 Å². The number of phenolic OH excluding ortho intramolecular Hbond substituents is 1. The number of aliphatic hydroxyl groups excluding tert-OH is 1. The van der Waals surface area contributed by atoms with Crippen molar-refractivity contribution in [3.63, 3.8) is 0 Å². The number of hydrogen-bond donors (Lipinski definition) is 4. The molecule has 179 valence electrons. The number of nitrogens with one attached hydrogen (secondary N) is 2. The average Bonchev–Trinajstić information content (AvgIpc) is 3.17. The molecule has 5 nitrogen and oxygen atoms in total. The van der Waals surface area contributed by atoms with Crippen LogP contribution >= 0.6 is 23.1 Å². The molecule has 1 aromatic heterocycles. The van der Waals surface area contributed by atoms with Gasteiger partial charge in [0.25, 0.3) is 0 Å². The van der Waals surface area contributed by atoms with Crippen molar-refractivity contribution < 1.29 is 23.4 Å². The summed E-state index contributed by atoms with van der Waals surface area (Å²) in [5.74, 6) is 1.47. The molecule has 0 saturated heterocycles. The van der Waals surface area contributed by atoms with Crippen molar-refractivity contribution in [2.75, 3.05) is 24.6 Å². The largest absolute Gasteiger partial charge is 0.506 e. The van der Waals surface area contributed by atoms with E-state index in [0.717, 1.165) is 35.3 Å². The second-order valence-corrected chi connectivity index (χ2v) is 9.90. The van der Waals surface area contributed by atoms with Gasteiger partial charge in [-0.25, -0.2) is 0 Å². The molecule has 3 aromatic rings. The Bertz CT molecular complexity index is 1110. The van der Waals surface area contributed by atoms with Crippen LogP contribution in [-0.4, -0.2) is 39.8 Å². The summed E-state index contributed by atoms with van der Waals surface area (Å²) in [6.45, 7) is 4.98. The molecule has 0 amide bonds. The number of thioether (sulfide) groups is 1. The fourth-order valence-corrected chi connectivity index (χ4v) is 5.25. The molecule has 0 spiro atoms. The maximum Gasteiger partial charge on any atom is 0.416 e. The first-order chi connectivity index (χ1) is 15.7. The van der Waals surface area contributed by atoms with Crippen LogP contribution in [0.3, 0.4) is 0 Å². The number of benzene rings is 2. The molecule has 0 aliphatic rings. The Morgan fingerprint density at radius 2 is 2.00 bits per heavy atom. The van der Waals surface area contributed by atoms with E-state index >= 15 is 0 Å². The maximum atomic E-state index is 12.8. The van der Waals surface area contributed by atoms with Crippen molar-refractivity contribution >= 4 is 33.3 Å². The van der Waals surface area contributed by atoms with Crippen molar-refractivity contribution in [2.24, 2.45) is 0 Å². The van der Waals surface area contributed by atoms with Crippen molar-refractivity contribution in [3.05, 3.63) is 69.7 Å². The number of rotatable bonds is 11. The third kappa shape index (κ3) is 6.99. The molecule has 0 aliphatic heterocycles. The van der Waals surface area contributed by atoms with Gasteiger partial charge in [0.05, 0.1) is 16.4 Å². The fraction of sp³-hybridized carbons (Fsp3) is 0.391. The first kappa shape index (κ1) is 25.6. The van der Waals surface area contributed by atoms with E-state index in [1.165, 1.54) is 18.2 Å². The Kier molecular flexibility index (Phi) is 8.86. The third-order valence-corrected chi connectivity index (χ3v) is 7.24. The topological polar surface area (TPSA) is 85.3 Å². The first-order valence-electron chi connectivity index (χ1n) is 10.5. The average molecular weight is 500 g/mol. The molecule has 1 radical (unpaired) electrons. The molecular weight excluding hydrogens is 473 g/mol. The van der Waals surface area contributed by atoms with Gasteiger partial charge in [-0.2, -0.15) is 24.9 Å². The van der Waals surface area contributed by atoms with E-state index in [1.54, 1.807) is 23.9 Å². The van der Waals surface area contributed by atoms with Gasteiger partial charge < -0.3 is 20.5 Å². The summed E-state index contributed by atoms with van der Waals surface area (Å²) in [6, 6.07) is 8.42. The second-order valence-electron chi connectivity index (χ2n) is 7.69. The quantitative estimate of drug-likeness (QED) is 0.277. The lowest BCUT2D eigenvalue weighted by atomic mass is 9.95. The molecule has 2 atom stereocenters. The Labute approximate surface area is 198 Å². The number of aromatic nitrogens is 1. The fourth-order valence-electron chi connectivity index (χ4n) is 3.46. The number of aliphatic hydroxyl groups is 1. The van der Waals surface area contributed by atoms with Gasteiger partial charge in [0.1, 0.15) is 11.3 Å². The van der Waals surface area contributed by atoms with Gasteiger partial charge in [-0.15, -0.1) is 0 Å². The van der Waals surface area contributed by atoms with E-state index in [9.17, 15) is 28.2 Å². The minimum absolute atomic E-state index is 0.0266. The highest BCUT2D eigenvalue weighted by atomic mass is 32.2. The number of fused-ring (bicyclic) bond motifs is 1. The summed E-state index contributed by atoms with van der Waals surface area (Å²) in [7, 11) is 0. The first-order valence-corrected chi connectivity index (χ1v) is 12.5. The standard InChI is InChI=1S/C23H26F3N2O3S2/c1-14(15-5-2-6-16(12-15)23(24,25)26)4-3-10-32-11-9-27-13-19(30)17-7-8-18(29)20-21(17)33-22(31)28-20/h2,5-8,12,14,19,27,29-30H,1,3-4,9-11,13H2,(H,28,31)/t14?,19-/m1/s1. The van der Waals surface area contributed by atoms with Gasteiger partial charge in [0.15, 0.2) is 0 Å². The highest BCUT2D eigenvalue weighted by molar-refractivity contribution is 7.99. The molecule has 4 N–H and O–H groups in total. The van der Waals surface area contributed by atoms with Gasteiger partial charge in [-0.1, -0.05) is 35.6 Å². The van der Waals surface area contributed by atoms with E-state index in [0.29, 0.717) is 40.9 Å².